The molecule has 0 heterocycles. The molecule has 172 valence electrons. The average Bonchev–Trinajstić information content (AvgIpc) is 2.70. The van der Waals surface area contributed by atoms with Crippen LogP contribution in [0.4, 0.5) is 0 Å². The van der Waals surface area contributed by atoms with Crippen LogP contribution in [-0.2, 0) is 14.3 Å². The van der Waals surface area contributed by atoms with Gasteiger partial charge in [0.2, 0.25) is 0 Å². The van der Waals surface area contributed by atoms with Crippen molar-refractivity contribution in [2.45, 2.75) is 121 Å². The van der Waals surface area contributed by atoms with E-state index in [0.717, 1.165) is 18.4 Å². The van der Waals surface area contributed by atoms with E-state index in [4.69, 9.17) is 4.18 Å². The maximum atomic E-state index is 12.1. The van der Waals surface area contributed by atoms with E-state index in [9.17, 15) is 8.42 Å². The SMILES string of the molecule is CCCCCCCCCCCCCCCCCCOS(=O)(=O)c1ccc(C)cc1.[Ca+2].[H-].[H-]. The normalized spacial score (nSPS) is 11.4. The molecular weight excluding hydrogens is 420 g/mol. The third kappa shape index (κ3) is 16.1. The molecule has 0 aliphatic heterocycles. The summed E-state index contributed by atoms with van der Waals surface area (Å²) >= 11 is 0. The smallest absolute Gasteiger partial charge is 1.00 e. The van der Waals surface area contributed by atoms with Gasteiger partial charge in [-0.05, 0) is 25.5 Å². The quantitative estimate of drug-likeness (QED) is 0.119. The summed E-state index contributed by atoms with van der Waals surface area (Å²) in [5.74, 6) is 0. The molecule has 5 heteroatoms. The van der Waals surface area contributed by atoms with E-state index in [-0.39, 0.29) is 52.1 Å². The molecule has 1 rings (SSSR count). The molecule has 0 aliphatic rings. The molecule has 1 aromatic carbocycles. The van der Waals surface area contributed by atoms with E-state index < -0.39 is 10.1 Å². The first kappa shape index (κ1) is 30.4. The maximum absolute atomic E-state index is 12.1. The van der Waals surface area contributed by atoms with Gasteiger partial charge in [-0.25, -0.2) is 0 Å². The number of rotatable bonds is 19. The zero-order chi connectivity index (χ0) is 21.2. The summed E-state index contributed by atoms with van der Waals surface area (Å²) in [6.07, 6.45) is 20.9. The summed E-state index contributed by atoms with van der Waals surface area (Å²) in [6.45, 7) is 4.50. The van der Waals surface area contributed by atoms with E-state index in [1.165, 1.54) is 89.9 Å². The van der Waals surface area contributed by atoms with Gasteiger partial charge in [0.15, 0.2) is 0 Å². The van der Waals surface area contributed by atoms with Gasteiger partial charge in [0.1, 0.15) is 0 Å². The zero-order valence-corrected chi connectivity index (χ0v) is 22.7. The largest absolute Gasteiger partial charge is 2.00 e. The molecule has 0 N–H and O–H groups in total. The average molecular weight is 467 g/mol. The van der Waals surface area contributed by atoms with Crippen molar-refractivity contribution in [1.29, 1.82) is 0 Å². The summed E-state index contributed by atoms with van der Waals surface area (Å²) in [5.41, 5.74) is 1.04. The second-order valence-electron chi connectivity index (χ2n) is 8.39. The fourth-order valence-corrected chi connectivity index (χ4v) is 4.53. The van der Waals surface area contributed by atoms with Gasteiger partial charge in [-0.3, -0.25) is 4.18 Å². The topological polar surface area (TPSA) is 43.4 Å². The van der Waals surface area contributed by atoms with Crippen molar-refractivity contribution < 1.29 is 15.5 Å². The minimum Gasteiger partial charge on any atom is -1.00 e. The van der Waals surface area contributed by atoms with E-state index in [1.54, 1.807) is 24.3 Å². The number of unbranched alkanes of at least 4 members (excludes halogenated alkanes) is 15. The zero-order valence-electron chi connectivity index (χ0n) is 21.7. The fraction of sp³-hybridized carbons (Fsp3) is 0.760. The first-order valence-electron chi connectivity index (χ1n) is 12.0. The van der Waals surface area contributed by atoms with Crippen LogP contribution >= 0.6 is 0 Å². The second kappa shape index (κ2) is 20.0. The van der Waals surface area contributed by atoms with Crippen LogP contribution in [0.2, 0.25) is 0 Å². The Morgan fingerprint density at radius 1 is 0.667 bits per heavy atom. The number of aryl methyl sites for hydroxylation is 1. The third-order valence-corrected chi connectivity index (χ3v) is 6.87. The van der Waals surface area contributed by atoms with Crippen LogP contribution in [0, 0.1) is 6.92 Å². The Labute approximate surface area is 219 Å². The van der Waals surface area contributed by atoms with Crippen LogP contribution in [-0.4, -0.2) is 52.8 Å². The van der Waals surface area contributed by atoms with Crippen LogP contribution in [0.5, 0.6) is 0 Å². The Hall–Kier alpha value is 0.390. The Balaban J connectivity index is -0.00000280. The van der Waals surface area contributed by atoms with Crippen molar-refractivity contribution in [2.24, 2.45) is 0 Å². The molecule has 0 bridgehead atoms. The van der Waals surface area contributed by atoms with Crippen molar-refractivity contribution >= 4 is 47.9 Å². The first-order chi connectivity index (χ1) is 14.1. The Bertz CT molecular complexity index is 610. The van der Waals surface area contributed by atoms with Gasteiger partial charge in [0.25, 0.3) is 10.1 Å². The molecule has 0 spiro atoms. The molecule has 0 aromatic heterocycles. The van der Waals surface area contributed by atoms with Gasteiger partial charge >= 0.3 is 37.7 Å². The minimum atomic E-state index is -3.60. The van der Waals surface area contributed by atoms with Crippen LogP contribution in [0.1, 0.15) is 118 Å². The summed E-state index contributed by atoms with van der Waals surface area (Å²) in [6, 6.07) is 6.81. The summed E-state index contributed by atoms with van der Waals surface area (Å²) in [4.78, 5) is 0.250. The van der Waals surface area contributed by atoms with Gasteiger partial charge in [-0.2, -0.15) is 8.42 Å². The van der Waals surface area contributed by atoms with Gasteiger partial charge < -0.3 is 2.85 Å². The molecule has 30 heavy (non-hydrogen) atoms. The number of hydrogen-bond acceptors (Lipinski definition) is 3. The van der Waals surface area contributed by atoms with Gasteiger partial charge in [0, 0.05) is 0 Å². The Kier molecular flexibility index (Phi) is 20.3. The monoisotopic (exact) mass is 466 g/mol. The Morgan fingerprint density at radius 2 is 1.03 bits per heavy atom. The molecule has 0 saturated heterocycles. The molecule has 3 nitrogen and oxygen atoms in total. The van der Waals surface area contributed by atoms with Crippen LogP contribution in [0.3, 0.4) is 0 Å². The van der Waals surface area contributed by atoms with Crippen LogP contribution < -0.4 is 0 Å². The summed E-state index contributed by atoms with van der Waals surface area (Å²) < 4.78 is 29.3. The number of hydrogen-bond donors (Lipinski definition) is 0. The molecule has 0 atom stereocenters. The van der Waals surface area contributed by atoms with Gasteiger partial charge in [0.05, 0.1) is 11.5 Å². The summed E-state index contributed by atoms with van der Waals surface area (Å²) in [7, 11) is -3.60. The van der Waals surface area contributed by atoms with Crippen molar-refractivity contribution in [1.82, 2.24) is 0 Å². The standard InChI is InChI=1S/C25H44O3S.Ca.2H/c1-3-4-5-6-7-8-9-10-11-12-13-14-15-16-17-18-23-28-29(26,27)25-21-19-24(2)20-22-25;;;/h19-22H,3-18,23H2,1-2H3;;;/q;+2;2*-1. The molecule has 0 saturated carbocycles. The second-order valence-corrected chi connectivity index (χ2v) is 10.0. The van der Waals surface area contributed by atoms with Crippen molar-refractivity contribution in [2.75, 3.05) is 6.61 Å². The molecule has 0 amide bonds. The predicted octanol–water partition coefficient (Wildman–Crippen LogP) is 7.81. The van der Waals surface area contributed by atoms with E-state index in [0.29, 0.717) is 0 Å². The van der Waals surface area contributed by atoms with Crippen LogP contribution in [0.25, 0.3) is 0 Å². The number of benzene rings is 1. The predicted molar refractivity (Wildman–Crippen MR) is 132 cm³/mol. The Morgan fingerprint density at radius 3 is 1.43 bits per heavy atom. The molecule has 0 aliphatic carbocycles. The maximum Gasteiger partial charge on any atom is 2.00 e. The van der Waals surface area contributed by atoms with E-state index in [2.05, 4.69) is 6.92 Å². The van der Waals surface area contributed by atoms with Crippen LogP contribution in [0.15, 0.2) is 29.2 Å². The van der Waals surface area contributed by atoms with Crippen molar-refractivity contribution in [3.8, 4) is 0 Å². The molecule has 0 fully saturated rings. The third-order valence-electron chi connectivity index (χ3n) is 5.55. The minimum absolute atomic E-state index is 0. The molecule has 1 aromatic rings. The summed E-state index contributed by atoms with van der Waals surface area (Å²) in [5, 5.41) is 0. The molecular formula is C25H46CaO3S. The van der Waals surface area contributed by atoms with E-state index >= 15 is 0 Å². The van der Waals surface area contributed by atoms with Gasteiger partial charge in [-0.15, -0.1) is 0 Å². The first-order valence-corrected chi connectivity index (χ1v) is 13.4. The van der Waals surface area contributed by atoms with Crippen molar-refractivity contribution in [3.63, 3.8) is 0 Å². The van der Waals surface area contributed by atoms with E-state index in [1.807, 2.05) is 6.92 Å². The fourth-order valence-electron chi connectivity index (χ4n) is 3.59. The molecule has 0 unspecified atom stereocenters. The van der Waals surface area contributed by atoms with Gasteiger partial charge in [-0.1, -0.05) is 121 Å². The molecule has 0 radical (unpaired) electrons. The van der Waals surface area contributed by atoms with Crippen molar-refractivity contribution in [3.05, 3.63) is 29.8 Å².